The van der Waals surface area contributed by atoms with Gasteiger partial charge in [-0.1, -0.05) is 77.1 Å². The quantitative estimate of drug-likeness (QED) is 0.286. The highest BCUT2D eigenvalue weighted by Crippen LogP contribution is 2.26. The van der Waals surface area contributed by atoms with Gasteiger partial charge in [0.1, 0.15) is 12.6 Å². The van der Waals surface area contributed by atoms with E-state index >= 15 is 0 Å². The first-order chi connectivity index (χ1) is 19.1. The van der Waals surface area contributed by atoms with Gasteiger partial charge in [-0.3, -0.25) is 13.9 Å². The molecule has 1 saturated carbocycles. The molecule has 212 valence electrons. The number of sulfonamides is 1. The van der Waals surface area contributed by atoms with Crippen molar-refractivity contribution in [3.05, 3.63) is 93.9 Å². The van der Waals surface area contributed by atoms with E-state index in [1.807, 2.05) is 24.3 Å². The summed E-state index contributed by atoms with van der Waals surface area (Å²) < 4.78 is 29.5. The Morgan fingerprint density at radius 3 is 2.30 bits per heavy atom. The minimum atomic E-state index is -4.13. The lowest BCUT2D eigenvalue weighted by Gasteiger charge is -2.33. The molecule has 4 rings (SSSR count). The van der Waals surface area contributed by atoms with Gasteiger partial charge >= 0.3 is 0 Å². The summed E-state index contributed by atoms with van der Waals surface area (Å²) in [4.78, 5) is 28.8. The number of halogens is 2. The zero-order chi connectivity index (χ0) is 28.7. The van der Waals surface area contributed by atoms with Crippen molar-refractivity contribution in [2.45, 2.75) is 62.6 Å². The van der Waals surface area contributed by atoms with Crippen LogP contribution in [-0.2, 0) is 26.2 Å². The highest BCUT2D eigenvalue weighted by Gasteiger charge is 2.33. The van der Waals surface area contributed by atoms with Crippen LogP contribution in [0.1, 0.15) is 44.6 Å². The SMILES string of the molecule is C[C@@H](C(=O)NC1CCCCC1)N(Cc1cccc(Br)c1)C(=O)CN(c1ccccc1)S(=O)(=O)c1ccc(Cl)cc1. The number of para-hydroxylation sites is 1. The van der Waals surface area contributed by atoms with Gasteiger partial charge in [0.2, 0.25) is 11.8 Å². The molecule has 0 spiro atoms. The number of hydrogen-bond acceptors (Lipinski definition) is 4. The molecule has 2 amide bonds. The zero-order valence-corrected chi connectivity index (χ0v) is 25.5. The van der Waals surface area contributed by atoms with E-state index in [0.717, 1.165) is 46.4 Å². The molecule has 0 aliphatic heterocycles. The molecule has 0 heterocycles. The zero-order valence-electron chi connectivity index (χ0n) is 22.3. The van der Waals surface area contributed by atoms with Crippen molar-refractivity contribution in [2.24, 2.45) is 0 Å². The van der Waals surface area contributed by atoms with E-state index in [1.165, 1.54) is 29.2 Å². The standard InChI is InChI=1S/C30H33BrClN3O4S/c1-22(30(37)33-26-11-4-2-5-12-26)34(20-23-9-8-10-24(31)19-23)29(36)21-35(27-13-6-3-7-14-27)40(38,39)28-17-15-25(32)16-18-28/h3,6-10,13-19,22,26H,2,4-5,11-12,20-21H2,1H3,(H,33,37)/t22-/m0/s1. The van der Waals surface area contributed by atoms with Crippen LogP contribution in [0.5, 0.6) is 0 Å². The Balaban J connectivity index is 1.65. The van der Waals surface area contributed by atoms with Crippen LogP contribution >= 0.6 is 27.5 Å². The van der Waals surface area contributed by atoms with Crippen LogP contribution in [0.2, 0.25) is 5.02 Å². The fraction of sp³-hybridized carbons (Fsp3) is 0.333. The van der Waals surface area contributed by atoms with Crippen LogP contribution < -0.4 is 9.62 Å². The Kier molecular flexibility index (Phi) is 10.3. The molecule has 7 nitrogen and oxygen atoms in total. The van der Waals surface area contributed by atoms with Crippen molar-refractivity contribution in [2.75, 3.05) is 10.8 Å². The lowest BCUT2D eigenvalue weighted by atomic mass is 9.95. The molecule has 0 saturated heterocycles. The highest BCUT2D eigenvalue weighted by molar-refractivity contribution is 9.10. The molecule has 1 aliphatic carbocycles. The lowest BCUT2D eigenvalue weighted by Crippen LogP contribution is -2.53. The molecule has 40 heavy (non-hydrogen) atoms. The van der Waals surface area contributed by atoms with Gasteiger partial charge in [0, 0.05) is 22.1 Å². The van der Waals surface area contributed by atoms with Crippen LogP contribution in [-0.4, -0.2) is 43.8 Å². The van der Waals surface area contributed by atoms with Crippen molar-refractivity contribution in [1.29, 1.82) is 0 Å². The van der Waals surface area contributed by atoms with Gasteiger partial charge in [-0.2, -0.15) is 0 Å². The van der Waals surface area contributed by atoms with E-state index < -0.39 is 28.5 Å². The predicted octanol–water partition coefficient (Wildman–Crippen LogP) is 6.16. The van der Waals surface area contributed by atoms with Crippen molar-refractivity contribution < 1.29 is 18.0 Å². The van der Waals surface area contributed by atoms with Crippen molar-refractivity contribution in [3.63, 3.8) is 0 Å². The Hall–Kier alpha value is -2.88. The molecule has 1 atom stereocenters. The van der Waals surface area contributed by atoms with Gasteiger partial charge in [-0.05, 0) is 73.9 Å². The predicted molar refractivity (Wildman–Crippen MR) is 162 cm³/mol. The minimum absolute atomic E-state index is 0.00943. The Morgan fingerprint density at radius 2 is 1.65 bits per heavy atom. The molecule has 0 radical (unpaired) electrons. The maximum Gasteiger partial charge on any atom is 0.264 e. The first-order valence-electron chi connectivity index (χ1n) is 13.3. The summed E-state index contributed by atoms with van der Waals surface area (Å²) in [5.41, 5.74) is 1.15. The summed E-state index contributed by atoms with van der Waals surface area (Å²) in [5.74, 6) is -0.741. The van der Waals surface area contributed by atoms with Crippen LogP contribution in [0.15, 0.2) is 88.2 Å². The highest BCUT2D eigenvalue weighted by atomic mass is 79.9. The lowest BCUT2D eigenvalue weighted by molar-refractivity contribution is -0.139. The van der Waals surface area contributed by atoms with Crippen molar-refractivity contribution >= 4 is 55.1 Å². The average molecular weight is 647 g/mol. The number of rotatable bonds is 10. The molecule has 3 aromatic rings. The van der Waals surface area contributed by atoms with Gasteiger partial charge in [0.05, 0.1) is 10.6 Å². The van der Waals surface area contributed by atoms with E-state index in [4.69, 9.17) is 11.6 Å². The summed E-state index contributed by atoms with van der Waals surface area (Å²) in [6.07, 6.45) is 5.12. The maximum absolute atomic E-state index is 14.0. The average Bonchev–Trinajstić information content (AvgIpc) is 2.95. The molecule has 0 aromatic heterocycles. The molecular weight excluding hydrogens is 614 g/mol. The molecular formula is C30H33BrClN3O4S. The van der Waals surface area contributed by atoms with E-state index in [9.17, 15) is 18.0 Å². The summed E-state index contributed by atoms with van der Waals surface area (Å²) in [6, 6.07) is 21.0. The summed E-state index contributed by atoms with van der Waals surface area (Å²) in [7, 11) is -4.13. The second kappa shape index (κ2) is 13.7. The fourth-order valence-electron chi connectivity index (χ4n) is 4.84. The number of hydrogen-bond donors (Lipinski definition) is 1. The number of anilines is 1. The van der Waals surface area contributed by atoms with Gasteiger partial charge in [0.25, 0.3) is 10.0 Å². The van der Waals surface area contributed by atoms with E-state index in [0.29, 0.717) is 10.7 Å². The Morgan fingerprint density at radius 1 is 0.975 bits per heavy atom. The summed E-state index contributed by atoms with van der Waals surface area (Å²) in [5, 5.41) is 3.51. The van der Waals surface area contributed by atoms with Gasteiger partial charge in [-0.15, -0.1) is 0 Å². The smallest absolute Gasteiger partial charge is 0.264 e. The topological polar surface area (TPSA) is 86.8 Å². The van der Waals surface area contributed by atoms with Crippen LogP contribution in [0.25, 0.3) is 0 Å². The van der Waals surface area contributed by atoms with Gasteiger partial charge < -0.3 is 10.2 Å². The number of carbonyl (C=O) groups is 2. The fourth-order valence-corrected chi connectivity index (χ4v) is 6.83. The van der Waals surface area contributed by atoms with Gasteiger partial charge in [0.15, 0.2) is 0 Å². The number of benzene rings is 3. The second-order valence-corrected chi connectivity index (χ2v) is 13.2. The minimum Gasteiger partial charge on any atom is -0.352 e. The first-order valence-corrected chi connectivity index (χ1v) is 15.9. The third-order valence-electron chi connectivity index (χ3n) is 7.09. The third kappa shape index (κ3) is 7.65. The summed E-state index contributed by atoms with van der Waals surface area (Å²) >= 11 is 9.47. The number of nitrogens with one attached hydrogen (secondary N) is 1. The second-order valence-electron chi connectivity index (χ2n) is 9.97. The number of amides is 2. The molecule has 1 N–H and O–H groups in total. The molecule has 0 bridgehead atoms. The number of nitrogens with zero attached hydrogens (tertiary/aromatic N) is 2. The van der Waals surface area contributed by atoms with E-state index in [2.05, 4.69) is 21.2 Å². The van der Waals surface area contributed by atoms with E-state index in [1.54, 1.807) is 37.3 Å². The van der Waals surface area contributed by atoms with Crippen molar-refractivity contribution in [3.8, 4) is 0 Å². The maximum atomic E-state index is 14.0. The molecule has 10 heteroatoms. The normalized spacial score (nSPS) is 14.8. The first kappa shape index (κ1) is 30.1. The Labute approximate surface area is 249 Å². The van der Waals surface area contributed by atoms with Crippen molar-refractivity contribution in [1.82, 2.24) is 10.2 Å². The van der Waals surface area contributed by atoms with E-state index in [-0.39, 0.29) is 23.4 Å². The van der Waals surface area contributed by atoms with Gasteiger partial charge in [-0.25, -0.2) is 8.42 Å². The van der Waals surface area contributed by atoms with Crippen LogP contribution in [0.3, 0.4) is 0 Å². The number of carbonyl (C=O) groups excluding carboxylic acids is 2. The monoisotopic (exact) mass is 645 g/mol. The largest absolute Gasteiger partial charge is 0.352 e. The molecule has 0 unspecified atom stereocenters. The third-order valence-corrected chi connectivity index (χ3v) is 9.62. The van der Waals surface area contributed by atoms with Crippen LogP contribution in [0.4, 0.5) is 5.69 Å². The summed E-state index contributed by atoms with van der Waals surface area (Å²) in [6.45, 7) is 1.35. The van der Waals surface area contributed by atoms with Crippen LogP contribution in [0, 0.1) is 0 Å². The molecule has 1 aliphatic rings. The molecule has 3 aromatic carbocycles. The molecule has 1 fully saturated rings. The Bertz CT molecular complexity index is 1410.